The first-order chi connectivity index (χ1) is 19.8. The molecule has 13 heteroatoms. The molecule has 1 aliphatic heterocycles. The van der Waals surface area contributed by atoms with Gasteiger partial charge in [0.25, 0.3) is 0 Å². The van der Waals surface area contributed by atoms with E-state index in [4.69, 9.17) is 4.74 Å². The van der Waals surface area contributed by atoms with Crippen LogP contribution in [0.3, 0.4) is 0 Å². The molecule has 4 rings (SSSR count). The van der Waals surface area contributed by atoms with Gasteiger partial charge in [0.05, 0.1) is 29.7 Å². The number of halogens is 3. The van der Waals surface area contributed by atoms with Crippen molar-refractivity contribution in [2.45, 2.75) is 18.6 Å². The number of carbonyl (C=O) groups is 1. The number of guanidine groups is 1. The average Bonchev–Trinajstić information content (AvgIpc) is 3.31. The summed E-state index contributed by atoms with van der Waals surface area (Å²) in [6.45, 7) is 6.33. The zero-order valence-corrected chi connectivity index (χ0v) is 24.4. The Hall–Kier alpha value is -4.52. The molecule has 0 spiro atoms. The van der Waals surface area contributed by atoms with Gasteiger partial charge in [0, 0.05) is 62.8 Å². The van der Waals surface area contributed by atoms with Gasteiger partial charge in [-0.1, -0.05) is 6.58 Å². The molecule has 10 nitrogen and oxygen atoms in total. The van der Waals surface area contributed by atoms with Crippen LogP contribution in [0.15, 0.2) is 66.1 Å². The van der Waals surface area contributed by atoms with Gasteiger partial charge >= 0.3 is 6.18 Å². The number of alkyl halides is 3. The summed E-state index contributed by atoms with van der Waals surface area (Å²) in [6.07, 6.45) is 0.595. The third-order valence-corrected chi connectivity index (χ3v) is 7.10. The van der Waals surface area contributed by atoms with Gasteiger partial charge in [-0.3, -0.25) is 4.79 Å². The van der Waals surface area contributed by atoms with Crippen LogP contribution < -0.4 is 25.6 Å². The fourth-order valence-corrected chi connectivity index (χ4v) is 4.69. The van der Waals surface area contributed by atoms with Crippen LogP contribution in [0.4, 0.5) is 30.2 Å². The molecule has 0 radical (unpaired) electrons. The van der Waals surface area contributed by atoms with Gasteiger partial charge in [-0.15, -0.1) is 0 Å². The standard InChI is InChI=1S/C29H35F3N8O2/c1-8-25(41)35-20-14-21(23(42-7)15-22(20)39(5)12-11-38(3)4)36-27-34-17-24(29(30,31)32)28(2,37-27)19-13-18-9-10-40(6)26(18)33-16-19/h8-10,13-17H,1,11-12H2,2-7H3,(H,35,41)(H2,34,36,37). The van der Waals surface area contributed by atoms with E-state index in [0.29, 0.717) is 40.4 Å². The third-order valence-electron chi connectivity index (χ3n) is 7.10. The number of aromatic nitrogens is 2. The largest absolute Gasteiger partial charge is 0.494 e. The second-order valence-electron chi connectivity index (χ2n) is 10.4. The predicted octanol–water partition coefficient (Wildman–Crippen LogP) is 4.44. The molecule has 3 heterocycles. The Morgan fingerprint density at radius 1 is 1.21 bits per heavy atom. The van der Waals surface area contributed by atoms with Gasteiger partial charge in [0.15, 0.2) is 0 Å². The van der Waals surface area contributed by atoms with Crippen molar-refractivity contribution in [3.8, 4) is 5.75 Å². The number of ether oxygens (including phenoxy) is 1. The van der Waals surface area contributed by atoms with Gasteiger partial charge in [-0.2, -0.15) is 13.2 Å². The van der Waals surface area contributed by atoms with Crippen molar-refractivity contribution in [1.29, 1.82) is 0 Å². The molecule has 0 aliphatic carbocycles. The lowest BCUT2D eigenvalue weighted by Crippen LogP contribution is -2.42. The molecule has 1 amide bonds. The molecule has 1 aliphatic rings. The first-order valence-corrected chi connectivity index (χ1v) is 13.1. The highest BCUT2D eigenvalue weighted by Gasteiger charge is 2.49. The molecule has 3 N–H and O–H groups in total. The van der Waals surface area contributed by atoms with Gasteiger partial charge in [-0.05, 0) is 45.3 Å². The first kappa shape index (κ1) is 30.4. The molecular weight excluding hydrogens is 549 g/mol. The number of methoxy groups -OCH3 is 1. The quantitative estimate of drug-likeness (QED) is 0.320. The van der Waals surface area contributed by atoms with Crippen LogP contribution in [0.1, 0.15) is 12.5 Å². The number of amides is 1. The minimum Gasteiger partial charge on any atom is -0.494 e. The average molecular weight is 585 g/mol. The second kappa shape index (κ2) is 11.8. The maximum absolute atomic E-state index is 14.3. The molecule has 224 valence electrons. The Morgan fingerprint density at radius 3 is 2.60 bits per heavy atom. The minimum atomic E-state index is -4.67. The van der Waals surface area contributed by atoms with Crippen LogP contribution in [0.2, 0.25) is 0 Å². The summed E-state index contributed by atoms with van der Waals surface area (Å²) in [5.74, 6) is 0.0183. The number of aliphatic imine (C=N–C) groups is 1. The summed E-state index contributed by atoms with van der Waals surface area (Å²) in [5, 5.41) is 9.20. The van der Waals surface area contributed by atoms with Crippen LogP contribution >= 0.6 is 0 Å². The fourth-order valence-electron chi connectivity index (χ4n) is 4.69. The highest BCUT2D eigenvalue weighted by Crippen LogP contribution is 2.45. The summed E-state index contributed by atoms with van der Waals surface area (Å²) in [4.78, 5) is 25.2. The number of rotatable bonds is 9. The summed E-state index contributed by atoms with van der Waals surface area (Å²) in [6, 6.07) is 6.83. The normalized spacial score (nSPS) is 16.9. The summed E-state index contributed by atoms with van der Waals surface area (Å²) in [5.41, 5.74) is -0.271. The maximum Gasteiger partial charge on any atom is 0.416 e. The Morgan fingerprint density at radius 2 is 1.95 bits per heavy atom. The van der Waals surface area contributed by atoms with Crippen molar-refractivity contribution in [2.24, 2.45) is 12.0 Å². The molecule has 42 heavy (non-hydrogen) atoms. The number of hydrogen-bond donors (Lipinski definition) is 3. The molecule has 1 atom stereocenters. The zero-order chi connectivity index (χ0) is 30.8. The third kappa shape index (κ3) is 6.20. The predicted molar refractivity (Wildman–Crippen MR) is 160 cm³/mol. The van der Waals surface area contributed by atoms with Crippen molar-refractivity contribution in [3.05, 3.63) is 66.7 Å². The smallest absolute Gasteiger partial charge is 0.416 e. The molecule has 3 aromatic rings. The number of benzene rings is 1. The fraction of sp³-hybridized carbons (Fsp3) is 0.345. The number of pyridine rings is 1. The van der Waals surface area contributed by atoms with E-state index in [1.807, 2.05) is 38.0 Å². The Labute approximate surface area is 242 Å². The van der Waals surface area contributed by atoms with Crippen LogP contribution in [0.25, 0.3) is 11.0 Å². The number of nitrogens with one attached hydrogen (secondary N) is 3. The van der Waals surface area contributed by atoms with E-state index in [-0.39, 0.29) is 11.5 Å². The van der Waals surface area contributed by atoms with Gasteiger partial charge in [0.2, 0.25) is 11.9 Å². The lowest BCUT2D eigenvalue weighted by Gasteiger charge is -2.34. The van der Waals surface area contributed by atoms with Crippen LogP contribution in [0.5, 0.6) is 5.75 Å². The van der Waals surface area contributed by atoms with E-state index in [2.05, 4.69) is 32.5 Å². The van der Waals surface area contributed by atoms with Crippen molar-refractivity contribution in [1.82, 2.24) is 19.8 Å². The van der Waals surface area contributed by atoms with E-state index in [1.165, 1.54) is 20.2 Å². The van der Waals surface area contributed by atoms with Crippen molar-refractivity contribution < 1.29 is 22.7 Å². The van der Waals surface area contributed by atoms with Gasteiger partial charge < -0.3 is 35.1 Å². The first-order valence-electron chi connectivity index (χ1n) is 13.1. The van der Waals surface area contributed by atoms with Crippen molar-refractivity contribution in [2.75, 3.05) is 56.9 Å². The summed E-state index contributed by atoms with van der Waals surface area (Å²) < 4.78 is 50.2. The van der Waals surface area contributed by atoms with Crippen LogP contribution in [0, 0.1) is 0 Å². The van der Waals surface area contributed by atoms with Crippen LogP contribution in [-0.4, -0.2) is 73.8 Å². The monoisotopic (exact) mass is 584 g/mol. The van der Waals surface area contributed by atoms with E-state index in [9.17, 15) is 18.0 Å². The molecular formula is C29H35F3N8O2. The number of anilines is 3. The number of aryl methyl sites for hydroxylation is 1. The van der Waals surface area contributed by atoms with E-state index in [0.717, 1.165) is 18.8 Å². The SMILES string of the molecule is C=CC(=O)Nc1cc(NC2=NC(C)(c3cnc4c(ccn4C)c3)C(C(F)(F)F)=CN2)c(OC)cc1N(C)CCN(C)C. The van der Waals surface area contributed by atoms with E-state index in [1.54, 1.807) is 35.0 Å². The lowest BCUT2D eigenvalue weighted by atomic mass is 9.84. The van der Waals surface area contributed by atoms with Gasteiger partial charge in [0.1, 0.15) is 16.9 Å². The zero-order valence-electron chi connectivity index (χ0n) is 24.4. The molecule has 1 aromatic carbocycles. The Balaban J connectivity index is 1.77. The molecule has 0 bridgehead atoms. The summed E-state index contributed by atoms with van der Waals surface area (Å²) in [7, 11) is 9.09. The Bertz CT molecular complexity index is 1560. The highest BCUT2D eigenvalue weighted by atomic mass is 19.4. The van der Waals surface area contributed by atoms with E-state index < -0.39 is 23.2 Å². The van der Waals surface area contributed by atoms with E-state index >= 15 is 0 Å². The number of nitrogens with zero attached hydrogens (tertiary/aromatic N) is 5. The molecule has 0 fully saturated rings. The minimum absolute atomic E-state index is 0.0478. The molecule has 0 saturated heterocycles. The molecule has 1 unspecified atom stereocenters. The van der Waals surface area contributed by atoms with Crippen molar-refractivity contribution >= 4 is 40.0 Å². The second-order valence-corrected chi connectivity index (χ2v) is 10.4. The number of likely N-dealkylation sites (N-methyl/N-ethyl adjacent to an activating group) is 2. The molecule has 0 saturated carbocycles. The van der Waals surface area contributed by atoms with Gasteiger partial charge in [-0.25, -0.2) is 9.98 Å². The number of hydrogen-bond acceptors (Lipinski definition) is 8. The highest BCUT2D eigenvalue weighted by molar-refractivity contribution is 6.04. The van der Waals surface area contributed by atoms with Crippen LogP contribution in [-0.2, 0) is 17.4 Å². The maximum atomic E-state index is 14.3. The molecule has 2 aromatic heterocycles. The van der Waals surface area contributed by atoms with Crippen molar-refractivity contribution in [3.63, 3.8) is 0 Å². The number of carbonyl (C=O) groups excluding carboxylic acids is 1. The summed E-state index contributed by atoms with van der Waals surface area (Å²) >= 11 is 0. The topological polar surface area (TPSA) is 99.0 Å². The Kier molecular flexibility index (Phi) is 8.53. The number of fused-ring (bicyclic) bond motifs is 1. The lowest BCUT2D eigenvalue weighted by molar-refractivity contribution is -0.112.